The third-order valence-electron chi connectivity index (χ3n) is 4.48. The summed E-state index contributed by atoms with van der Waals surface area (Å²) in [5.41, 5.74) is 0.0200. The first kappa shape index (κ1) is 15.9. The van der Waals surface area contributed by atoms with Crippen LogP contribution in [0.25, 0.3) is 0 Å². The van der Waals surface area contributed by atoms with Crippen molar-refractivity contribution in [2.24, 2.45) is 5.41 Å². The molecule has 1 aromatic carbocycles. The number of piperidine rings is 1. The van der Waals surface area contributed by atoms with Gasteiger partial charge in [-0.3, -0.25) is 9.59 Å². The second-order valence-electron chi connectivity index (χ2n) is 5.46. The third-order valence-corrected chi connectivity index (χ3v) is 5.22. The van der Waals surface area contributed by atoms with Gasteiger partial charge < -0.3 is 10.0 Å². The van der Waals surface area contributed by atoms with Gasteiger partial charge in [0.1, 0.15) is 0 Å². The highest BCUT2D eigenvalue weighted by molar-refractivity contribution is 7.98. The molecule has 1 N–H and O–H groups in total. The summed E-state index contributed by atoms with van der Waals surface area (Å²) in [6.45, 7) is 2.94. The van der Waals surface area contributed by atoms with Crippen LogP contribution in [-0.4, -0.2) is 41.2 Å². The van der Waals surface area contributed by atoms with Crippen LogP contribution in [0.3, 0.4) is 0 Å². The molecule has 4 nitrogen and oxygen atoms in total. The first-order chi connectivity index (χ1) is 10.0. The van der Waals surface area contributed by atoms with Crippen LogP contribution in [0.4, 0.5) is 0 Å². The standard InChI is InChI=1S/C16H21NO3S/c1-3-16(15(19)20)8-10-17(11-9-16)14(18)12-4-6-13(21-2)7-5-12/h4-7H,3,8-11H2,1-2H3,(H,19,20). The highest BCUT2D eigenvalue weighted by Gasteiger charge is 2.40. The molecule has 1 amide bonds. The van der Waals surface area contributed by atoms with E-state index in [1.165, 1.54) is 0 Å². The van der Waals surface area contributed by atoms with Crippen LogP contribution in [0.15, 0.2) is 29.2 Å². The molecule has 1 heterocycles. The Bertz CT molecular complexity index is 519. The number of amides is 1. The van der Waals surface area contributed by atoms with E-state index in [0.29, 0.717) is 37.9 Å². The van der Waals surface area contributed by atoms with E-state index in [0.717, 1.165) is 4.90 Å². The number of carboxylic acid groups (broad SMARTS) is 1. The Morgan fingerprint density at radius 2 is 1.81 bits per heavy atom. The molecule has 0 aliphatic carbocycles. The minimum atomic E-state index is -0.735. The third kappa shape index (κ3) is 3.23. The van der Waals surface area contributed by atoms with Crippen molar-refractivity contribution in [1.29, 1.82) is 0 Å². The fourth-order valence-electron chi connectivity index (χ4n) is 2.77. The Morgan fingerprint density at radius 3 is 2.24 bits per heavy atom. The molecule has 1 saturated heterocycles. The largest absolute Gasteiger partial charge is 0.481 e. The summed E-state index contributed by atoms with van der Waals surface area (Å²) in [5.74, 6) is -0.737. The maximum Gasteiger partial charge on any atom is 0.309 e. The molecule has 1 fully saturated rings. The summed E-state index contributed by atoms with van der Waals surface area (Å²) in [7, 11) is 0. The van der Waals surface area contributed by atoms with Gasteiger partial charge in [-0.05, 0) is 49.8 Å². The summed E-state index contributed by atoms with van der Waals surface area (Å²) < 4.78 is 0. The van der Waals surface area contributed by atoms with Crippen molar-refractivity contribution in [2.45, 2.75) is 31.1 Å². The number of hydrogen-bond acceptors (Lipinski definition) is 3. The van der Waals surface area contributed by atoms with E-state index >= 15 is 0 Å². The predicted octanol–water partition coefficient (Wildman–Crippen LogP) is 3.13. The van der Waals surface area contributed by atoms with Crippen LogP contribution < -0.4 is 0 Å². The zero-order valence-electron chi connectivity index (χ0n) is 12.5. The molecule has 0 bridgehead atoms. The van der Waals surface area contributed by atoms with Gasteiger partial charge in [0.15, 0.2) is 0 Å². The average molecular weight is 307 g/mol. The van der Waals surface area contributed by atoms with Crippen molar-refractivity contribution in [1.82, 2.24) is 4.90 Å². The minimum Gasteiger partial charge on any atom is -0.481 e. The summed E-state index contributed by atoms with van der Waals surface area (Å²) in [6, 6.07) is 7.56. The van der Waals surface area contributed by atoms with Crippen LogP contribution in [-0.2, 0) is 4.79 Å². The molecule has 0 unspecified atom stereocenters. The lowest BCUT2D eigenvalue weighted by atomic mass is 9.76. The predicted molar refractivity (Wildman–Crippen MR) is 83.7 cm³/mol. The maximum atomic E-state index is 12.4. The van der Waals surface area contributed by atoms with Crippen molar-refractivity contribution in [3.8, 4) is 0 Å². The Labute approximate surface area is 129 Å². The lowest BCUT2D eigenvalue weighted by molar-refractivity contribution is -0.152. The number of carboxylic acids is 1. The van der Waals surface area contributed by atoms with E-state index in [1.54, 1.807) is 16.7 Å². The number of aliphatic carboxylic acids is 1. The number of hydrogen-bond donors (Lipinski definition) is 1. The van der Waals surface area contributed by atoms with Crippen LogP contribution >= 0.6 is 11.8 Å². The van der Waals surface area contributed by atoms with Gasteiger partial charge in [-0.25, -0.2) is 0 Å². The molecule has 1 aliphatic heterocycles. The fraction of sp³-hybridized carbons (Fsp3) is 0.500. The SMILES string of the molecule is CCC1(C(=O)O)CCN(C(=O)c2ccc(SC)cc2)CC1. The lowest BCUT2D eigenvalue weighted by Gasteiger charge is -2.38. The quantitative estimate of drug-likeness (QED) is 0.868. The number of thioether (sulfide) groups is 1. The molecule has 1 aliphatic rings. The van der Waals surface area contributed by atoms with Gasteiger partial charge in [-0.2, -0.15) is 0 Å². The first-order valence-corrected chi connectivity index (χ1v) is 8.41. The van der Waals surface area contributed by atoms with Gasteiger partial charge in [-0.1, -0.05) is 6.92 Å². The molecule has 0 spiro atoms. The van der Waals surface area contributed by atoms with Gasteiger partial charge in [0.05, 0.1) is 5.41 Å². The minimum absolute atomic E-state index is 0.00209. The van der Waals surface area contributed by atoms with Crippen molar-refractivity contribution >= 4 is 23.6 Å². The molecule has 0 aromatic heterocycles. The second kappa shape index (κ2) is 6.52. The number of rotatable bonds is 4. The van der Waals surface area contributed by atoms with Gasteiger partial charge in [-0.15, -0.1) is 11.8 Å². The van der Waals surface area contributed by atoms with Crippen LogP contribution in [0.1, 0.15) is 36.5 Å². The van der Waals surface area contributed by atoms with Crippen LogP contribution in [0.5, 0.6) is 0 Å². The highest BCUT2D eigenvalue weighted by atomic mass is 32.2. The zero-order chi connectivity index (χ0) is 15.5. The number of likely N-dealkylation sites (tertiary alicyclic amines) is 1. The van der Waals surface area contributed by atoms with E-state index in [1.807, 2.05) is 37.4 Å². The number of carbonyl (C=O) groups excluding carboxylic acids is 1. The smallest absolute Gasteiger partial charge is 0.309 e. The van der Waals surface area contributed by atoms with Gasteiger partial charge >= 0.3 is 5.97 Å². The summed E-state index contributed by atoms with van der Waals surface area (Å²) in [6.07, 6.45) is 3.69. The monoisotopic (exact) mass is 307 g/mol. The molecule has 5 heteroatoms. The molecule has 21 heavy (non-hydrogen) atoms. The molecule has 0 saturated carbocycles. The van der Waals surface area contributed by atoms with E-state index < -0.39 is 11.4 Å². The topological polar surface area (TPSA) is 57.6 Å². The molecule has 0 atom stereocenters. The summed E-state index contributed by atoms with van der Waals surface area (Å²) in [4.78, 5) is 26.8. The van der Waals surface area contributed by atoms with Crippen molar-refractivity contribution < 1.29 is 14.7 Å². The Hall–Kier alpha value is -1.49. The Kier molecular flexibility index (Phi) is 4.93. The Balaban J connectivity index is 2.04. The van der Waals surface area contributed by atoms with Gasteiger partial charge in [0.25, 0.3) is 5.91 Å². The highest BCUT2D eigenvalue weighted by Crippen LogP contribution is 2.35. The first-order valence-electron chi connectivity index (χ1n) is 7.19. The molecule has 2 rings (SSSR count). The average Bonchev–Trinajstić information content (AvgIpc) is 2.54. The van der Waals surface area contributed by atoms with Crippen LogP contribution in [0, 0.1) is 5.41 Å². The fourth-order valence-corrected chi connectivity index (χ4v) is 3.18. The molecule has 1 aromatic rings. The zero-order valence-corrected chi connectivity index (χ0v) is 13.3. The van der Waals surface area contributed by atoms with Crippen molar-refractivity contribution in [3.05, 3.63) is 29.8 Å². The van der Waals surface area contributed by atoms with E-state index in [2.05, 4.69) is 0 Å². The normalized spacial score (nSPS) is 17.5. The van der Waals surface area contributed by atoms with Gasteiger partial charge in [0.2, 0.25) is 0 Å². The number of benzene rings is 1. The molecular formula is C16H21NO3S. The maximum absolute atomic E-state index is 12.4. The second-order valence-corrected chi connectivity index (χ2v) is 6.34. The number of nitrogens with zero attached hydrogens (tertiary/aromatic N) is 1. The van der Waals surface area contributed by atoms with Gasteiger partial charge in [0, 0.05) is 23.5 Å². The van der Waals surface area contributed by atoms with Crippen molar-refractivity contribution in [2.75, 3.05) is 19.3 Å². The molecular weight excluding hydrogens is 286 g/mol. The van der Waals surface area contributed by atoms with Crippen molar-refractivity contribution in [3.63, 3.8) is 0 Å². The Morgan fingerprint density at radius 1 is 1.24 bits per heavy atom. The van der Waals surface area contributed by atoms with E-state index in [-0.39, 0.29) is 5.91 Å². The number of carbonyl (C=O) groups is 2. The summed E-state index contributed by atoms with van der Waals surface area (Å²) >= 11 is 1.64. The molecule has 114 valence electrons. The lowest BCUT2D eigenvalue weighted by Crippen LogP contribution is -2.46. The molecule has 0 radical (unpaired) electrons. The van der Waals surface area contributed by atoms with E-state index in [9.17, 15) is 14.7 Å². The van der Waals surface area contributed by atoms with E-state index in [4.69, 9.17) is 0 Å². The van der Waals surface area contributed by atoms with Crippen LogP contribution in [0.2, 0.25) is 0 Å². The summed E-state index contributed by atoms with van der Waals surface area (Å²) in [5, 5.41) is 9.38.